The maximum Gasteiger partial charge on any atom is 0.261 e. The molecule has 1 aliphatic heterocycles. The molecule has 0 aliphatic carbocycles. The molecule has 0 spiro atoms. The van der Waals surface area contributed by atoms with Gasteiger partial charge in [0.2, 0.25) is 5.91 Å². The highest BCUT2D eigenvalue weighted by Crippen LogP contribution is 2.26. The third-order valence-corrected chi connectivity index (χ3v) is 5.49. The Balaban J connectivity index is 1.66. The summed E-state index contributed by atoms with van der Waals surface area (Å²) in [6.45, 7) is 2.99. The summed E-state index contributed by atoms with van der Waals surface area (Å²) < 4.78 is 27.6. The summed E-state index contributed by atoms with van der Waals surface area (Å²) in [5, 5.41) is 5.89. The Labute approximate surface area is 153 Å². The summed E-state index contributed by atoms with van der Waals surface area (Å²) in [6.07, 6.45) is 5.06. The number of pyridine rings is 1. The first-order valence-corrected chi connectivity index (χ1v) is 10.1. The fraction of sp³-hybridized carbons (Fsp3) is 0.333. The summed E-state index contributed by atoms with van der Waals surface area (Å²) in [4.78, 5) is 15.8. The number of sulfonamides is 1. The summed E-state index contributed by atoms with van der Waals surface area (Å²) in [6, 6.07) is 8.02. The number of carbonyl (C=O) groups excluding carboxylic acids is 1. The van der Waals surface area contributed by atoms with E-state index < -0.39 is 10.0 Å². The van der Waals surface area contributed by atoms with Crippen molar-refractivity contribution in [3.8, 4) is 0 Å². The molecule has 1 aliphatic rings. The minimum atomic E-state index is -3.74. The molecular formula is C18H22N4O3S. The Bertz CT molecular complexity index is 895. The zero-order valence-electron chi connectivity index (χ0n) is 14.6. The molecule has 3 rings (SSSR count). The number of anilines is 3. The molecule has 0 unspecified atom stereocenters. The number of amides is 1. The lowest BCUT2D eigenvalue weighted by Gasteiger charge is -2.10. The van der Waals surface area contributed by atoms with Gasteiger partial charge in [-0.05, 0) is 42.3 Å². The SMILES string of the molecule is CCCCCNc1ccc(NS(=O)(=O)c2ccc3c(c2)CC(=O)N3)cn1. The van der Waals surface area contributed by atoms with Crippen molar-refractivity contribution in [3.63, 3.8) is 0 Å². The Morgan fingerprint density at radius 1 is 1.19 bits per heavy atom. The van der Waals surface area contributed by atoms with Gasteiger partial charge in [-0.1, -0.05) is 19.8 Å². The molecule has 8 heteroatoms. The zero-order chi connectivity index (χ0) is 18.6. The number of nitrogens with one attached hydrogen (secondary N) is 3. The second-order valence-corrected chi connectivity index (χ2v) is 7.90. The van der Waals surface area contributed by atoms with Crippen LogP contribution in [0.3, 0.4) is 0 Å². The lowest BCUT2D eigenvalue weighted by Crippen LogP contribution is -2.13. The van der Waals surface area contributed by atoms with Crippen LogP contribution in [0.4, 0.5) is 17.2 Å². The van der Waals surface area contributed by atoms with E-state index in [0.717, 1.165) is 25.8 Å². The molecule has 138 valence electrons. The molecule has 0 bridgehead atoms. The molecule has 0 fully saturated rings. The minimum Gasteiger partial charge on any atom is -0.370 e. The second kappa shape index (κ2) is 7.74. The summed E-state index contributed by atoms with van der Waals surface area (Å²) in [5.41, 5.74) is 1.73. The van der Waals surface area contributed by atoms with Crippen molar-refractivity contribution in [2.75, 3.05) is 21.9 Å². The first-order chi connectivity index (χ1) is 12.5. The molecular weight excluding hydrogens is 352 g/mol. The number of hydrogen-bond acceptors (Lipinski definition) is 5. The number of fused-ring (bicyclic) bond motifs is 1. The fourth-order valence-electron chi connectivity index (χ4n) is 2.74. The standard InChI is InChI=1S/C18H22N4O3S/c1-2-3-4-9-19-17-8-5-14(12-20-17)22-26(24,25)15-6-7-16-13(10-15)11-18(23)21-16/h5-8,10,12,22H,2-4,9,11H2,1H3,(H,19,20)(H,21,23). The van der Waals surface area contributed by atoms with Crippen molar-refractivity contribution in [2.45, 2.75) is 37.5 Å². The highest BCUT2D eigenvalue weighted by molar-refractivity contribution is 7.92. The highest BCUT2D eigenvalue weighted by Gasteiger charge is 2.22. The van der Waals surface area contributed by atoms with Crippen LogP contribution in [0.15, 0.2) is 41.4 Å². The van der Waals surface area contributed by atoms with E-state index in [9.17, 15) is 13.2 Å². The minimum absolute atomic E-state index is 0.120. The first-order valence-electron chi connectivity index (χ1n) is 8.63. The van der Waals surface area contributed by atoms with E-state index >= 15 is 0 Å². The van der Waals surface area contributed by atoms with Crippen molar-refractivity contribution in [1.82, 2.24) is 4.98 Å². The third-order valence-electron chi connectivity index (χ3n) is 4.11. The number of aromatic nitrogens is 1. The van der Waals surface area contributed by atoms with Crippen molar-refractivity contribution in [3.05, 3.63) is 42.1 Å². The predicted molar refractivity (Wildman–Crippen MR) is 102 cm³/mol. The molecule has 3 N–H and O–H groups in total. The van der Waals surface area contributed by atoms with E-state index in [-0.39, 0.29) is 17.2 Å². The van der Waals surface area contributed by atoms with Crippen molar-refractivity contribution in [2.24, 2.45) is 0 Å². The molecule has 1 aromatic heterocycles. The van der Waals surface area contributed by atoms with E-state index in [2.05, 4.69) is 27.3 Å². The molecule has 26 heavy (non-hydrogen) atoms. The average molecular weight is 374 g/mol. The van der Waals surface area contributed by atoms with Gasteiger partial charge < -0.3 is 10.6 Å². The lowest BCUT2D eigenvalue weighted by atomic mass is 10.2. The maximum absolute atomic E-state index is 12.6. The Morgan fingerprint density at radius 2 is 2.04 bits per heavy atom. The maximum atomic E-state index is 12.6. The van der Waals surface area contributed by atoms with Crippen molar-refractivity contribution < 1.29 is 13.2 Å². The Morgan fingerprint density at radius 3 is 2.77 bits per heavy atom. The number of benzene rings is 1. The first kappa shape index (κ1) is 18.2. The Kier molecular flexibility index (Phi) is 5.41. The monoisotopic (exact) mass is 374 g/mol. The van der Waals surface area contributed by atoms with Gasteiger partial charge in [-0.25, -0.2) is 13.4 Å². The van der Waals surface area contributed by atoms with Gasteiger partial charge in [0.25, 0.3) is 10.0 Å². The summed E-state index contributed by atoms with van der Waals surface area (Å²) in [5.74, 6) is 0.583. The zero-order valence-corrected chi connectivity index (χ0v) is 15.4. The molecule has 0 radical (unpaired) electrons. The van der Waals surface area contributed by atoms with E-state index in [1.807, 2.05) is 0 Å². The van der Waals surface area contributed by atoms with E-state index in [4.69, 9.17) is 0 Å². The molecule has 0 atom stereocenters. The largest absolute Gasteiger partial charge is 0.370 e. The second-order valence-electron chi connectivity index (χ2n) is 6.22. The molecule has 7 nitrogen and oxygen atoms in total. The number of unbranched alkanes of at least 4 members (excludes halogenated alkanes) is 2. The summed E-state index contributed by atoms with van der Waals surface area (Å²) >= 11 is 0. The third kappa shape index (κ3) is 4.32. The van der Waals surface area contributed by atoms with Crippen molar-refractivity contribution in [1.29, 1.82) is 0 Å². The quantitative estimate of drug-likeness (QED) is 0.617. The van der Waals surface area contributed by atoms with Crippen LogP contribution in [0.5, 0.6) is 0 Å². The van der Waals surface area contributed by atoms with Crippen LogP contribution in [0.25, 0.3) is 0 Å². The van der Waals surface area contributed by atoms with Gasteiger partial charge in [-0.3, -0.25) is 9.52 Å². The lowest BCUT2D eigenvalue weighted by molar-refractivity contribution is -0.115. The molecule has 2 aromatic rings. The van der Waals surface area contributed by atoms with Crippen LogP contribution in [0.2, 0.25) is 0 Å². The van der Waals surface area contributed by atoms with Crippen molar-refractivity contribution >= 4 is 33.1 Å². The van der Waals surface area contributed by atoms with Crippen LogP contribution >= 0.6 is 0 Å². The number of rotatable bonds is 8. The van der Waals surface area contributed by atoms with Gasteiger partial charge in [-0.2, -0.15) is 0 Å². The summed E-state index contributed by atoms with van der Waals surface area (Å²) in [7, 11) is -3.74. The molecule has 2 heterocycles. The highest BCUT2D eigenvalue weighted by atomic mass is 32.2. The van der Waals surface area contributed by atoms with E-state index in [1.165, 1.54) is 18.3 Å². The number of hydrogen-bond donors (Lipinski definition) is 3. The number of nitrogens with zero attached hydrogens (tertiary/aromatic N) is 1. The van der Waals surface area contributed by atoms with Gasteiger partial charge in [0, 0.05) is 12.2 Å². The predicted octanol–water partition coefficient (Wildman–Crippen LogP) is 2.98. The molecule has 1 amide bonds. The average Bonchev–Trinajstić information content (AvgIpc) is 2.99. The Hall–Kier alpha value is -2.61. The van der Waals surface area contributed by atoms with E-state index in [0.29, 0.717) is 22.8 Å². The van der Waals surface area contributed by atoms with Crippen LogP contribution in [0.1, 0.15) is 31.7 Å². The van der Waals surface area contributed by atoms with Gasteiger partial charge in [-0.15, -0.1) is 0 Å². The van der Waals surface area contributed by atoms with Crippen LogP contribution < -0.4 is 15.4 Å². The molecule has 1 aromatic carbocycles. The number of carbonyl (C=O) groups is 1. The van der Waals surface area contributed by atoms with Gasteiger partial charge in [0.1, 0.15) is 5.82 Å². The molecule has 0 saturated carbocycles. The van der Waals surface area contributed by atoms with Crippen LogP contribution in [-0.2, 0) is 21.2 Å². The normalized spacial score (nSPS) is 13.2. The van der Waals surface area contributed by atoms with Crippen LogP contribution in [-0.4, -0.2) is 25.9 Å². The van der Waals surface area contributed by atoms with Gasteiger partial charge >= 0.3 is 0 Å². The van der Waals surface area contributed by atoms with Gasteiger partial charge in [0.15, 0.2) is 0 Å². The van der Waals surface area contributed by atoms with E-state index in [1.54, 1.807) is 18.2 Å². The molecule has 0 saturated heterocycles. The fourth-order valence-corrected chi connectivity index (χ4v) is 3.83. The smallest absolute Gasteiger partial charge is 0.261 e. The van der Waals surface area contributed by atoms with Gasteiger partial charge in [0.05, 0.1) is 23.2 Å². The van der Waals surface area contributed by atoms with Crippen LogP contribution in [0, 0.1) is 0 Å². The topological polar surface area (TPSA) is 100 Å².